The minimum atomic E-state index is -0.316. The Hall–Kier alpha value is -1.89. The molecule has 3 heterocycles. The van der Waals surface area contributed by atoms with Gasteiger partial charge in [0.2, 0.25) is 0 Å². The topological polar surface area (TPSA) is 65.1 Å². The Balaban J connectivity index is 1.96. The molecule has 3 rings (SSSR count). The zero-order valence-electron chi connectivity index (χ0n) is 17.9. The summed E-state index contributed by atoms with van der Waals surface area (Å²) in [6.07, 6.45) is 8.35. The van der Waals surface area contributed by atoms with Crippen molar-refractivity contribution in [2.75, 3.05) is 13.1 Å². The van der Waals surface area contributed by atoms with E-state index in [9.17, 15) is 9.59 Å². The van der Waals surface area contributed by atoms with Crippen molar-refractivity contribution in [3.05, 3.63) is 26.7 Å². The molecule has 0 saturated carbocycles. The molecule has 1 aliphatic rings. The number of nitrogens with zero attached hydrogens (tertiary/aromatic N) is 5. The highest BCUT2D eigenvalue weighted by Crippen LogP contribution is 2.20. The number of unbranched alkanes of at least 4 members (excludes halogenated alkanes) is 4. The van der Waals surface area contributed by atoms with Crippen molar-refractivity contribution in [1.29, 1.82) is 0 Å². The zero-order chi connectivity index (χ0) is 20.3. The van der Waals surface area contributed by atoms with Crippen molar-refractivity contribution < 1.29 is 0 Å². The Kier molecular flexibility index (Phi) is 6.75. The molecule has 0 aromatic carbocycles. The molecule has 2 aromatic heterocycles. The van der Waals surface area contributed by atoms with Crippen LogP contribution in [0, 0.1) is 5.92 Å². The number of aromatic nitrogens is 4. The Labute approximate surface area is 167 Å². The van der Waals surface area contributed by atoms with E-state index in [0.717, 1.165) is 44.8 Å². The summed E-state index contributed by atoms with van der Waals surface area (Å²) in [5.41, 5.74) is 0.530. The number of piperidine rings is 1. The maximum Gasteiger partial charge on any atom is 0.332 e. The van der Waals surface area contributed by atoms with Gasteiger partial charge >= 0.3 is 5.69 Å². The predicted molar refractivity (Wildman–Crippen MR) is 113 cm³/mol. The van der Waals surface area contributed by atoms with Gasteiger partial charge in [-0.05, 0) is 31.7 Å². The van der Waals surface area contributed by atoms with Gasteiger partial charge in [0.05, 0.1) is 6.54 Å². The van der Waals surface area contributed by atoms with E-state index in [2.05, 4.69) is 23.3 Å². The molecule has 156 valence electrons. The molecular weight excluding hydrogens is 354 g/mol. The Bertz CT molecular complexity index is 923. The van der Waals surface area contributed by atoms with E-state index in [0.29, 0.717) is 17.1 Å². The van der Waals surface area contributed by atoms with E-state index >= 15 is 0 Å². The molecule has 0 bridgehead atoms. The summed E-state index contributed by atoms with van der Waals surface area (Å²) in [6.45, 7) is 8.17. The lowest BCUT2D eigenvalue weighted by atomic mass is 10.0. The highest BCUT2D eigenvalue weighted by Gasteiger charge is 2.22. The normalized spacial score (nSPS) is 18.2. The van der Waals surface area contributed by atoms with Crippen LogP contribution < -0.4 is 11.2 Å². The lowest BCUT2D eigenvalue weighted by Gasteiger charge is -2.30. The Morgan fingerprint density at radius 3 is 2.54 bits per heavy atom. The van der Waals surface area contributed by atoms with Gasteiger partial charge in [0.15, 0.2) is 11.2 Å². The number of rotatable bonds is 8. The second kappa shape index (κ2) is 9.07. The fourth-order valence-electron chi connectivity index (χ4n) is 4.36. The third-order valence-corrected chi connectivity index (χ3v) is 6.02. The molecule has 2 aromatic rings. The van der Waals surface area contributed by atoms with Crippen molar-refractivity contribution in [2.45, 2.75) is 71.9 Å². The van der Waals surface area contributed by atoms with Crippen LogP contribution >= 0.6 is 0 Å². The lowest BCUT2D eigenvalue weighted by molar-refractivity contribution is 0.171. The van der Waals surface area contributed by atoms with E-state index in [4.69, 9.17) is 4.98 Å². The maximum atomic E-state index is 12.9. The fourth-order valence-corrected chi connectivity index (χ4v) is 4.36. The van der Waals surface area contributed by atoms with Crippen molar-refractivity contribution in [2.24, 2.45) is 20.0 Å². The van der Waals surface area contributed by atoms with Crippen LogP contribution in [0.2, 0.25) is 0 Å². The molecule has 7 nitrogen and oxygen atoms in total. The first-order valence-corrected chi connectivity index (χ1v) is 10.8. The van der Waals surface area contributed by atoms with E-state index in [1.807, 2.05) is 0 Å². The van der Waals surface area contributed by atoms with Gasteiger partial charge in [-0.1, -0.05) is 39.5 Å². The molecule has 0 amide bonds. The first-order chi connectivity index (χ1) is 13.4. The second-order valence-electron chi connectivity index (χ2n) is 8.45. The van der Waals surface area contributed by atoms with Crippen LogP contribution in [0.3, 0.4) is 0 Å². The number of fused-ring (bicyclic) bond motifs is 1. The van der Waals surface area contributed by atoms with Crippen molar-refractivity contribution in [3.8, 4) is 0 Å². The van der Waals surface area contributed by atoms with Crippen molar-refractivity contribution >= 4 is 11.2 Å². The van der Waals surface area contributed by atoms with Gasteiger partial charge in [0.25, 0.3) is 5.56 Å². The van der Waals surface area contributed by atoms with Gasteiger partial charge in [-0.3, -0.25) is 18.8 Å². The van der Waals surface area contributed by atoms with Gasteiger partial charge < -0.3 is 4.57 Å². The molecule has 1 atom stereocenters. The van der Waals surface area contributed by atoms with Crippen LogP contribution in [0.1, 0.15) is 64.6 Å². The van der Waals surface area contributed by atoms with Crippen LogP contribution in [0.4, 0.5) is 0 Å². The molecule has 1 fully saturated rings. The molecule has 1 saturated heterocycles. The molecule has 0 spiro atoms. The highest BCUT2D eigenvalue weighted by molar-refractivity contribution is 5.71. The van der Waals surface area contributed by atoms with Crippen LogP contribution in [0.25, 0.3) is 11.2 Å². The number of aryl methyl sites for hydroxylation is 2. The van der Waals surface area contributed by atoms with Crippen LogP contribution in [-0.2, 0) is 27.2 Å². The Morgan fingerprint density at radius 1 is 1.07 bits per heavy atom. The van der Waals surface area contributed by atoms with Crippen molar-refractivity contribution in [1.82, 2.24) is 23.6 Å². The summed E-state index contributed by atoms with van der Waals surface area (Å²) < 4.78 is 4.79. The smallest absolute Gasteiger partial charge is 0.321 e. The number of hydrogen-bond acceptors (Lipinski definition) is 4. The van der Waals surface area contributed by atoms with Gasteiger partial charge in [0.1, 0.15) is 5.82 Å². The minimum Gasteiger partial charge on any atom is -0.321 e. The number of hydrogen-bond donors (Lipinski definition) is 0. The van der Waals surface area contributed by atoms with Crippen LogP contribution in [-0.4, -0.2) is 36.7 Å². The van der Waals surface area contributed by atoms with Gasteiger partial charge in [-0.2, -0.15) is 0 Å². The first kappa shape index (κ1) is 20.8. The molecule has 0 N–H and O–H groups in total. The summed E-state index contributed by atoms with van der Waals surface area (Å²) in [7, 11) is 3.25. The zero-order valence-corrected chi connectivity index (χ0v) is 17.9. The van der Waals surface area contributed by atoms with E-state index in [-0.39, 0.29) is 11.2 Å². The summed E-state index contributed by atoms with van der Waals surface area (Å²) in [5, 5.41) is 0. The molecule has 0 aliphatic carbocycles. The van der Waals surface area contributed by atoms with Crippen LogP contribution in [0.5, 0.6) is 0 Å². The average molecular weight is 390 g/mol. The third kappa shape index (κ3) is 4.24. The highest BCUT2D eigenvalue weighted by atomic mass is 16.2. The summed E-state index contributed by atoms with van der Waals surface area (Å²) in [6, 6.07) is 0. The first-order valence-electron chi connectivity index (χ1n) is 10.8. The number of likely N-dealkylation sites (tertiary alicyclic amines) is 1. The lowest BCUT2D eigenvalue weighted by Crippen LogP contribution is -2.37. The molecule has 1 unspecified atom stereocenters. The standard InChI is InChI=1S/C21H35N5O2/c1-5-6-7-8-9-13-26-17(15-25-12-10-11-16(2)14-25)22-19-18(26)20(27)24(4)21(28)23(19)3/h16H,5-15H2,1-4H3. The monoisotopic (exact) mass is 389 g/mol. The minimum absolute atomic E-state index is 0.238. The van der Waals surface area contributed by atoms with Gasteiger partial charge in [-0.25, -0.2) is 9.78 Å². The molecule has 7 heteroatoms. The van der Waals surface area contributed by atoms with Gasteiger partial charge in [-0.15, -0.1) is 0 Å². The van der Waals surface area contributed by atoms with E-state index in [1.165, 1.54) is 41.2 Å². The quantitative estimate of drug-likeness (QED) is 0.651. The molecule has 28 heavy (non-hydrogen) atoms. The largest absolute Gasteiger partial charge is 0.332 e. The van der Waals surface area contributed by atoms with Gasteiger partial charge in [0, 0.05) is 27.2 Å². The Morgan fingerprint density at radius 2 is 1.82 bits per heavy atom. The number of imidazole rings is 1. The van der Waals surface area contributed by atoms with E-state index < -0.39 is 0 Å². The summed E-state index contributed by atoms with van der Waals surface area (Å²) >= 11 is 0. The summed E-state index contributed by atoms with van der Waals surface area (Å²) in [4.78, 5) is 32.5. The molecule has 1 aliphatic heterocycles. The second-order valence-corrected chi connectivity index (χ2v) is 8.45. The van der Waals surface area contributed by atoms with E-state index in [1.54, 1.807) is 14.1 Å². The van der Waals surface area contributed by atoms with Crippen LogP contribution in [0.15, 0.2) is 9.59 Å². The molecule has 0 radical (unpaired) electrons. The predicted octanol–water partition coefficient (Wildman–Crippen LogP) is 2.64. The fraction of sp³-hybridized carbons (Fsp3) is 0.762. The third-order valence-electron chi connectivity index (χ3n) is 6.02. The maximum absolute atomic E-state index is 12.9. The average Bonchev–Trinajstić information content (AvgIpc) is 3.03. The van der Waals surface area contributed by atoms with Crippen molar-refractivity contribution in [3.63, 3.8) is 0 Å². The summed E-state index contributed by atoms with van der Waals surface area (Å²) in [5.74, 6) is 1.61. The SMILES string of the molecule is CCCCCCCn1c(CN2CCCC(C)C2)nc2c1c(=O)n(C)c(=O)n2C. The molecular formula is C21H35N5O2.